The van der Waals surface area contributed by atoms with E-state index in [1.165, 1.54) is 0 Å². The Bertz CT molecular complexity index is 862. The largest absolute Gasteiger partial charge is 0.496 e. The number of aromatic nitrogens is 1. The Morgan fingerprint density at radius 3 is 2.52 bits per heavy atom. The number of para-hydroxylation sites is 1. The van der Waals surface area contributed by atoms with Gasteiger partial charge in [-0.1, -0.05) is 12.1 Å². The second kappa shape index (κ2) is 6.36. The van der Waals surface area contributed by atoms with E-state index in [0.717, 1.165) is 5.39 Å². The van der Waals surface area contributed by atoms with Crippen molar-refractivity contribution in [1.82, 2.24) is 4.98 Å². The number of nitrogens with zero attached hydrogens (tertiary/aromatic N) is 1. The number of hydrogen-bond acceptors (Lipinski definition) is 4. The van der Waals surface area contributed by atoms with Crippen molar-refractivity contribution in [3.8, 4) is 11.5 Å². The van der Waals surface area contributed by atoms with E-state index in [-0.39, 0.29) is 5.91 Å². The van der Waals surface area contributed by atoms with Crippen molar-refractivity contribution in [2.24, 2.45) is 0 Å². The van der Waals surface area contributed by atoms with Gasteiger partial charge in [0, 0.05) is 11.6 Å². The molecule has 23 heavy (non-hydrogen) atoms. The van der Waals surface area contributed by atoms with Gasteiger partial charge in [-0.05, 0) is 36.4 Å². The fourth-order valence-electron chi connectivity index (χ4n) is 2.44. The number of pyridine rings is 1. The molecule has 1 N–H and O–H groups in total. The molecular weight excluding hydrogens is 292 g/mol. The zero-order valence-electron chi connectivity index (χ0n) is 12.9. The number of benzene rings is 2. The Hall–Kier alpha value is -3.08. The van der Waals surface area contributed by atoms with Crippen LogP contribution in [0.3, 0.4) is 0 Å². The van der Waals surface area contributed by atoms with E-state index in [0.29, 0.717) is 28.3 Å². The van der Waals surface area contributed by atoms with Crippen LogP contribution in [0.1, 0.15) is 10.4 Å². The van der Waals surface area contributed by atoms with E-state index in [2.05, 4.69) is 10.3 Å². The molecule has 0 saturated heterocycles. The van der Waals surface area contributed by atoms with Gasteiger partial charge in [-0.15, -0.1) is 0 Å². The fraction of sp³-hybridized carbons (Fsp3) is 0.111. The number of amides is 1. The van der Waals surface area contributed by atoms with Gasteiger partial charge < -0.3 is 14.8 Å². The molecular formula is C18H16N2O3. The summed E-state index contributed by atoms with van der Waals surface area (Å²) in [6, 6.07) is 14.4. The van der Waals surface area contributed by atoms with Gasteiger partial charge >= 0.3 is 0 Å². The molecule has 0 unspecified atom stereocenters. The van der Waals surface area contributed by atoms with Gasteiger partial charge in [0.2, 0.25) is 0 Å². The minimum atomic E-state index is -0.238. The van der Waals surface area contributed by atoms with E-state index in [1.807, 2.05) is 18.2 Å². The number of rotatable bonds is 4. The molecule has 1 aromatic heterocycles. The van der Waals surface area contributed by atoms with Crippen LogP contribution in [-0.4, -0.2) is 25.1 Å². The zero-order chi connectivity index (χ0) is 16.2. The number of ether oxygens (including phenoxy) is 2. The maximum atomic E-state index is 12.5. The SMILES string of the molecule is COc1ccccc1C(=O)Nc1ccc(OC)c2ncccc12. The molecule has 0 aliphatic heterocycles. The molecule has 1 heterocycles. The number of anilines is 1. The summed E-state index contributed by atoms with van der Waals surface area (Å²) in [6.45, 7) is 0. The highest BCUT2D eigenvalue weighted by atomic mass is 16.5. The second-order valence-electron chi connectivity index (χ2n) is 4.87. The molecule has 0 fully saturated rings. The quantitative estimate of drug-likeness (QED) is 0.801. The van der Waals surface area contributed by atoms with Crippen LogP contribution >= 0.6 is 0 Å². The summed E-state index contributed by atoms with van der Waals surface area (Å²) in [5.74, 6) is 0.953. The van der Waals surface area contributed by atoms with E-state index in [9.17, 15) is 4.79 Å². The fourth-order valence-corrected chi connectivity index (χ4v) is 2.44. The zero-order valence-corrected chi connectivity index (χ0v) is 12.9. The highest BCUT2D eigenvalue weighted by Gasteiger charge is 2.14. The topological polar surface area (TPSA) is 60.5 Å². The van der Waals surface area contributed by atoms with Crippen LogP contribution < -0.4 is 14.8 Å². The summed E-state index contributed by atoms with van der Waals surface area (Å²) < 4.78 is 10.5. The lowest BCUT2D eigenvalue weighted by atomic mass is 10.1. The van der Waals surface area contributed by atoms with Crippen molar-refractivity contribution in [1.29, 1.82) is 0 Å². The molecule has 5 heteroatoms. The summed E-state index contributed by atoms with van der Waals surface area (Å²) in [5, 5.41) is 3.73. The van der Waals surface area contributed by atoms with Crippen molar-refractivity contribution in [3.05, 3.63) is 60.3 Å². The van der Waals surface area contributed by atoms with Crippen LogP contribution in [0.25, 0.3) is 10.9 Å². The molecule has 1 amide bonds. The van der Waals surface area contributed by atoms with E-state index < -0.39 is 0 Å². The minimum Gasteiger partial charge on any atom is -0.496 e. The smallest absolute Gasteiger partial charge is 0.259 e. The average molecular weight is 308 g/mol. The van der Waals surface area contributed by atoms with Crippen LogP contribution in [-0.2, 0) is 0 Å². The third kappa shape index (κ3) is 2.81. The lowest BCUT2D eigenvalue weighted by Gasteiger charge is -2.12. The first-order valence-electron chi connectivity index (χ1n) is 7.10. The van der Waals surface area contributed by atoms with Crippen molar-refractivity contribution in [2.75, 3.05) is 19.5 Å². The van der Waals surface area contributed by atoms with Crippen molar-refractivity contribution >= 4 is 22.5 Å². The predicted octanol–water partition coefficient (Wildman–Crippen LogP) is 3.50. The third-order valence-corrected chi connectivity index (χ3v) is 3.55. The van der Waals surface area contributed by atoms with E-state index in [1.54, 1.807) is 50.7 Å². The van der Waals surface area contributed by atoms with Gasteiger partial charge in [-0.25, -0.2) is 0 Å². The van der Waals surface area contributed by atoms with E-state index in [4.69, 9.17) is 9.47 Å². The van der Waals surface area contributed by atoms with Crippen LogP contribution in [0.4, 0.5) is 5.69 Å². The minimum absolute atomic E-state index is 0.238. The normalized spacial score (nSPS) is 10.3. The summed E-state index contributed by atoms with van der Waals surface area (Å²) in [7, 11) is 3.13. The summed E-state index contributed by atoms with van der Waals surface area (Å²) in [4.78, 5) is 16.9. The molecule has 0 saturated carbocycles. The maximum Gasteiger partial charge on any atom is 0.259 e. The number of methoxy groups -OCH3 is 2. The number of carbonyl (C=O) groups excluding carboxylic acids is 1. The maximum absolute atomic E-state index is 12.5. The number of hydrogen-bond donors (Lipinski definition) is 1. The molecule has 0 aliphatic rings. The lowest BCUT2D eigenvalue weighted by molar-refractivity contribution is 0.102. The summed E-state index contributed by atoms with van der Waals surface area (Å²) in [6.07, 6.45) is 1.69. The van der Waals surface area contributed by atoms with Gasteiger partial charge in [0.1, 0.15) is 17.0 Å². The highest BCUT2D eigenvalue weighted by Crippen LogP contribution is 2.30. The molecule has 3 aromatic rings. The summed E-state index contributed by atoms with van der Waals surface area (Å²) in [5.41, 5.74) is 1.85. The second-order valence-corrected chi connectivity index (χ2v) is 4.87. The van der Waals surface area contributed by atoms with Gasteiger partial charge in [0.15, 0.2) is 0 Å². The van der Waals surface area contributed by atoms with Gasteiger partial charge in [0.05, 0.1) is 25.5 Å². The Labute approximate surface area is 133 Å². The molecule has 5 nitrogen and oxygen atoms in total. The molecule has 0 aliphatic carbocycles. The predicted molar refractivity (Wildman–Crippen MR) is 89.2 cm³/mol. The first kappa shape index (κ1) is 14.8. The Morgan fingerprint density at radius 1 is 0.957 bits per heavy atom. The van der Waals surface area contributed by atoms with Crippen LogP contribution in [0.2, 0.25) is 0 Å². The number of carbonyl (C=O) groups is 1. The first-order chi connectivity index (χ1) is 11.2. The molecule has 2 aromatic carbocycles. The monoisotopic (exact) mass is 308 g/mol. The first-order valence-corrected chi connectivity index (χ1v) is 7.10. The number of fused-ring (bicyclic) bond motifs is 1. The summed E-state index contributed by atoms with van der Waals surface area (Å²) >= 11 is 0. The lowest BCUT2D eigenvalue weighted by Crippen LogP contribution is -2.13. The standard InChI is InChI=1S/C18H16N2O3/c1-22-15-8-4-3-6-13(15)18(21)20-14-9-10-16(23-2)17-12(14)7-5-11-19-17/h3-11H,1-2H3,(H,20,21). The molecule has 0 bridgehead atoms. The Balaban J connectivity index is 2.00. The van der Waals surface area contributed by atoms with Gasteiger partial charge in [0.25, 0.3) is 5.91 Å². The highest BCUT2D eigenvalue weighted by molar-refractivity contribution is 6.10. The molecule has 3 rings (SSSR count). The molecule has 116 valence electrons. The van der Waals surface area contributed by atoms with Crippen molar-refractivity contribution < 1.29 is 14.3 Å². The Kier molecular flexibility index (Phi) is 4.10. The van der Waals surface area contributed by atoms with Crippen LogP contribution in [0, 0.1) is 0 Å². The van der Waals surface area contributed by atoms with Crippen LogP contribution in [0.15, 0.2) is 54.7 Å². The van der Waals surface area contributed by atoms with Gasteiger partial charge in [-0.2, -0.15) is 0 Å². The molecule has 0 spiro atoms. The third-order valence-electron chi connectivity index (χ3n) is 3.55. The van der Waals surface area contributed by atoms with Crippen LogP contribution in [0.5, 0.6) is 11.5 Å². The van der Waals surface area contributed by atoms with Gasteiger partial charge in [-0.3, -0.25) is 9.78 Å². The molecule has 0 atom stereocenters. The van der Waals surface area contributed by atoms with Crippen molar-refractivity contribution in [2.45, 2.75) is 0 Å². The van der Waals surface area contributed by atoms with E-state index >= 15 is 0 Å². The van der Waals surface area contributed by atoms with Crippen molar-refractivity contribution in [3.63, 3.8) is 0 Å². The number of nitrogens with one attached hydrogen (secondary N) is 1. The Morgan fingerprint density at radius 2 is 1.74 bits per heavy atom. The average Bonchev–Trinajstić information content (AvgIpc) is 2.62. The molecule has 0 radical (unpaired) electrons.